The normalized spacial score (nSPS) is 8.00. The van der Waals surface area contributed by atoms with Gasteiger partial charge in [0.05, 0.1) is 0 Å². The zero-order valence-corrected chi connectivity index (χ0v) is 8.03. The fourth-order valence-corrected chi connectivity index (χ4v) is 0.427. The highest BCUT2D eigenvalue weighted by Gasteiger charge is 1.84. The maximum Gasteiger partial charge on any atom is 0.219 e. The summed E-state index contributed by atoms with van der Waals surface area (Å²) < 4.78 is 0. The summed E-state index contributed by atoms with van der Waals surface area (Å²) in [6, 6.07) is 0. The Kier molecular flexibility index (Phi) is 14.4. The van der Waals surface area contributed by atoms with Gasteiger partial charge in [0, 0.05) is 13.5 Å². The molecule has 0 aromatic carbocycles. The molecule has 3 heteroatoms. The third-order valence-electron chi connectivity index (χ3n) is 1.10. The Bertz CT molecular complexity index is 76.2. The van der Waals surface area contributed by atoms with Crippen LogP contribution >= 0.6 is 0 Å². The van der Waals surface area contributed by atoms with Crippen molar-refractivity contribution in [3.05, 3.63) is 0 Å². The lowest BCUT2D eigenvalue weighted by Crippen LogP contribution is -2.15. The van der Waals surface area contributed by atoms with E-state index in [2.05, 4.69) is 17.6 Å². The highest BCUT2D eigenvalue weighted by Crippen LogP contribution is 1.68. The molecule has 0 saturated carbocycles. The lowest BCUT2D eigenvalue weighted by Gasteiger charge is -1.87. The van der Waals surface area contributed by atoms with Gasteiger partial charge in [0.15, 0.2) is 0 Å². The predicted octanol–water partition coefficient (Wildman–Crippen LogP) is 0.758. The molecule has 3 nitrogen and oxygen atoms in total. The van der Waals surface area contributed by atoms with Crippen molar-refractivity contribution in [1.29, 1.82) is 0 Å². The summed E-state index contributed by atoms with van der Waals surface area (Å²) in [6.07, 6.45) is 1.81. The zero-order valence-electron chi connectivity index (χ0n) is 8.03. The molecule has 0 aliphatic heterocycles. The van der Waals surface area contributed by atoms with Gasteiger partial charge in [-0.1, -0.05) is 13.8 Å². The predicted molar refractivity (Wildman–Crippen MR) is 48.6 cm³/mol. The molecular formula is C8H20N2O. The lowest BCUT2D eigenvalue weighted by molar-refractivity contribution is -0.120. The maximum absolute atomic E-state index is 10.1. The molecule has 11 heavy (non-hydrogen) atoms. The summed E-state index contributed by atoms with van der Waals surface area (Å²) >= 11 is 0. The number of rotatable bonds is 3. The van der Waals surface area contributed by atoms with Gasteiger partial charge >= 0.3 is 0 Å². The number of carbonyl (C=O) groups is 1. The van der Waals surface area contributed by atoms with Crippen LogP contribution in [0.4, 0.5) is 0 Å². The van der Waals surface area contributed by atoms with Gasteiger partial charge in [-0.2, -0.15) is 0 Å². The van der Waals surface area contributed by atoms with E-state index in [9.17, 15) is 4.79 Å². The Morgan fingerprint density at radius 1 is 1.27 bits per heavy atom. The molecule has 0 saturated heterocycles. The average Bonchev–Trinajstić information content (AvgIpc) is 2.06. The molecule has 0 aliphatic carbocycles. The number of carbonyl (C=O) groups excluding carboxylic acids is 1. The Labute approximate surface area is 69.6 Å². The van der Waals surface area contributed by atoms with Crippen molar-refractivity contribution in [2.24, 2.45) is 0 Å². The average molecular weight is 160 g/mol. The van der Waals surface area contributed by atoms with E-state index in [-0.39, 0.29) is 5.91 Å². The van der Waals surface area contributed by atoms with Gasteiger partial charge in [-0.15, -0.1) is 0 Å². The number of nitrogens with one attached hydrogen (secondary N) is 2. The molecule has 0 aliphatic rings. The van der Waals surface area contributed by atoms with E-state index in [1.807, 2.05) is 14.0 Å². The van der Waals surface area contributed by atoms with Crippen molar-refractivity contribution in [3.63, 3.8) is 0 Å². The molecule has 0 rings (SSSR count). The van der Waals surface area contributed by atoms with Gasteiger partial charge in [0.1, 0.15) is 0 Å². The number of amides is 1. The summed E-state index contributed by atoms with van der Waals surface area (Å²) in [5.74, 6) is 0.0926. The minimum atomic E-state index is 0.0926. The molecule has 0 fully saturated rings. The lowest BCUT2D eigenvalue weighted by atomic mass is 10.5. The van der Waals surface area contributed by atoms with Gasteiger partial charge in [0.2, 0.25) is 5.91 Å². The van der Waals surface area contributed by atoms with Crippen LogP contribution in [-0.4, -0.2) is 26.5 Å². The van der Waals surface area contributed by atoms with Crippen molar-refractivity contribution < 1.29 is 4.79 Å². The van der Waals surface area contributed by atoms with Crippen molar-refractivity contribution in [2.45, 2.75) is 26.7 Å². The Hall–Kier alpha value is -0.570. The quantitative estimate of drug-likeness (QED) is 0.640. The van der Waals surface area contributed by atoms with Crippen LogP contribution in [0.5, 0.6) is 0 Å². The van der Waals surface area contributed by atoms with E-state index in [0.717, 1.165) is 6.54 Å². The van der Waals surface area contributed by atoms with E-state index in [0.29, 0.717) is 6.42 Å². The first-order valence-corrected chi connectivity index (χ1v) is 4.08. The second-order valence-corrected chi connectivity index (χ2v) is 2.13. The molecule has 0 unspecified atom stereocenters. The van der Waals surface area contributed by atoms with Crippen LogP contribution in [0.3, 0.4) is 0 Å². The van der Waals surface area contributed by atoms with Crippen molar-refractivity contribution in [1.82, 2.24) is 10.6 Å². The fraction of sp³-hybridized carbons (Fsp3) is 0.875. The van der Waals surface area contributed by atoms with Crippen molar-refractivity contribution in [2.75, 3.05) is 20.6 Å². The molecule has 0 aromatic heterocycles. The smallest absolute Gasteiger partial charge is 0.219 e. The highest BCUT2D eigenvalue weighted by molar-refractivity contribution is 5.74. The van der Waals surface area contributed by atoms with E-state index in [1.54, 1.807) is 7.05 Å². The zero-order chi connectivity index (χ0) is 9.11. The van der Waals surface area contributed by atoms with Crippen LogP contribution < -0.4 is 10.6 Å². The minimum Gasteiger partial charge on any atom is -0.359 e. The topological polar surface area (TPSA) is 41.1 Å². The molecule has 0 heterocycles. The monoisotopic (exact) mass is 160 g/mol. The van der Waals surface area contributed by atoms with E-state index >= 15 is 0 Å². The molecule has 0 atom stereocenters. The molecule has 0 radical (unpaired) electrons. The third kappa shape index (κ3) is 17.7. The van der Waals surface area contributed by atoms with Crippen LogP contribution in [0.2, 0.25) is 0 Å². The fourth-order valence-electron chi connectivity index (χ4n) is 0.427. The van der Waals surface area contributed by atoms with Gasteiger partial charge in [0.25, 0.3) is 0 Å². The van der Waals surface area contributed by atoms with Crippen LogP contribution in [0.15, 0.2) is 0 Å². The van der Waals surface area contributed by atoms with Crippen molar-refractivity contribution in [3.8, 4) is 0 Å². The summed E-state index contributed by atoms with van der Waals surface area (Å²) in [5.41, 5.74) is 0. The molecule has 1 amide bonds. The van der Waals surface area contributed by atoms with Gasteiger partial charge in [-0.25, -0.2) is 0 Å². The third-order valence-corrected chi connectivity index (χ3v) is 1.10. The first kappa shape index (κ1) is 13.1. The van der Waals surface area contributed by atoms with E-state index in [4.69, 9.17) is 0 Å². The first-order valence-electron chi connectivity index (χ1n) is 4.08. The molecular weight excluding hydrogens is 140 g/mol. The summed E-state index contributed by atoms with van der Waals surface area (Å²) in [6.45, 7) is 5.11. The molecule has 68 valence electrons. The van der Waals surface area contributed by atoms with Crippen molar-refractivity contribution >= 4 is 5.91 Å². The Morgan fingerprint density at radius 2 is 1.82 bits per heavy atom. The van der Waals surface area contributed by atoms with Crippen LogP contribution in [0.25, 0.3) is 0 Å². The van der Waals surface area contributed by atoms with E-state index < -0.39 is 0 Å². The van der Waals surface area contributed by atoms with Gasteiger partial charge < -0.3 is 10.6 Å². The maximum atomic E-state index is 10.1. The molecule has 0 aromatic rings. The summed E-state index contributed by atoms with van der Waals surface area (Å²) in [7, 11) is 3.59. The standard InChI is InChI=1S/C4H9NO.C4H11N/c1-3-4(6)5-2;1-3-4-5-2/h3H2,1-2H3,(H,5,6);5H,3-4H2,1-2H3. The number of hydrogen-bond acceptors (Lipinski definition) is 2. The minimum absolute atomic E-state index is 0.0926. The number of hydrogen-bond donors (Lipinski definition) is 2. The molecule has 2 N–H and O–H groups in total. The highest BCUT2D eigenvalue weighted by atomic mass is 16.1. The second kappa shape index (κ2) is 12.1. The van der Waals surface area contributed by atoms with Gasteiger partial charge in [-0.3, -0.25) is 4.79 Å². The Balaban J connectivity index is 0. The SMILES string of the molecule is CCC(=O)NC.CCCNC. The van der Waals surface area contributed by atoms with Crippen LogP contribution in [-0.2, 0) is 4.79 Å². The summed E-state index contributed by atoms with van der Waals surface area (Å²) in [4.78, 5) is 10.1. The largest absolute Gasteiger partial charge is 0.359 e. The first-order chi connectivity index (χ1) is 5.22. The summed E-state index contributed by atoms with van der Waals surface area (Å²) in [5, 5.41) is 5.49. The molecule has 0 bridgehead atoms. The van der Waals surface area contributed by atoms with Crippen LogP contribution in [0.1, 0.15) is 26.7 Å². The second-order valence-electron chi connectivity index (χ2n) is 2.13. The Morgan fingerprint density at radius 3 is 1.82 bits per heavy atom. The molecule has 0 spiro atoms. The van der Waals surface area contributed by atoms with Crippen LogP contribution in [0, 0.1) is 0 Å². The van der Waals surface area contributed by atoms with Gasteiger partial charge in [-0.05, 0) is 20.0 Å². The van der Waals surface area contributed by atoms with E-state index in [1.165, 1.54) is 6.42 Å².